The minimum atomic E-state index is -0.938. The Labute approximate surface area is 145 Å². The summed E-state index contributed by atoms with van der Waals surface area (Å²) in [6.07, 6.45) is 0. The van der Waals surface area contributed by atoms with E-state index in [-0.39, 0.29) is 5.91 Å². The van der Waals surface area contributed by atoms with Crippen molar-refractivity contribution < 1.29 is 9.53 Å². The minimum Gasteiger partial charge on any atom is -0.497 e. The molecule has 2 heterocycles. The molecule has 0 aliphatic carbocycles. The van der Waals surface area contributed by atoms with Gasteiger partial charge in [0.25, 0.3) is 5.91 Å². The zero-order chi connectivity index (χ0) is 16.0. The number of nitrogens with one attached hydrogen (secondary N) is 2. The molecular weight excluding hydrogens is 378 g/mol. The number of carbonyl (C=O) groups is 1. The standard InChI is InChI=1S/C16H12BrN3O2S/c1-22-11-6-7-13-12(8-11)16(15(21)18-13)20-19-14(23-16)9-2-4-10(17)5-3-9/h2-8,20H,1H3,(H,18,21). The summed E-state index contributed by atoms with van der Waals surface area (Å²) in [5, 5.41) is 8.07. The SMILES string of the molecule is COc1ccc2c(c1)C1(NN=C(c3ccc(Br)cc3)S1)C(=O)N2. The third-order valence-corrected chi connectivity index (χ3v) is 5.68. The van der Waals surface area contributed by atoms with Crippen molar-refractivity contribution in [1.82, 2.24) is 5.43 Å². The van der Waals surface area contributed by atoms with Crippen molar-refractivity contribution in [2.75, 3.05) is 12.4 Å². The Kier molecular flexibility index (Phi) is 3.35. The number of halogens is 1. The monoisotopic (exact) mass is 389 g/mol. The van der Waals surface area contributed by atoms with E-state index in [9.17, 15) is 4.79 Å². The molecule has 1 amide bonds. The van der Waals surface area contributed by atoms with E-state index in [1.54, 1.807) is 7.11 Å². The van der Waals surface area contributed by atoms with E-state index in [0.717, 1.165) is 26.3 Å². The number of methoxy groups -OCH3 is 1. The van der Waals surface area contributed by atoms with Crippen LogP contribution in [0.5, 0.6) is 5.75 Å². The van der Waals surface area contributed by atoms with Crippen molar-refractivity contribution in [2.45, 2.75) is 4.87 Å². The number of ether oxygens (including phenoxy) is 1. The molecule has 2 aliphatic rings. The topological polar surface area (TPSA) is 62.7 Å². The smallest absolute Gasteiger partial charge is 0.267 e. The Bertz CT molecular complexity index is 838. The highest BCUT2D eigenvalue weighted by atomic mass is 79.9. The van der Waals surface area contributed by atoms with Gasteiger partial charge in [-0.1, -0.05) is 39.8 Å². The molecule has 0 saturated carbocycles. The third-order valence-electron chi connectivity index (χ3n) is 3.83. The summed E-state index contributed by atoms with van der Waals surface area (Å²) in [5.41, 5.74) is 5.61. The van der Waals surface area contributed by atoms with E-state index in [2.05, 4.69) is 31.8 Å². The molecular formula is C16H12BrN3O2S. The number of amides is 1. The van der Waals surface area contributed by atoms with Gasteiger partial charge in [-0.3, -0.25) is 10.2 Å². The molecule has 4 rings (SSSR count). The molecule has 1 spiro atoms. The fourth-order valence-electron chi connectivity index (χ4n) is 2.63. The van der Waals surface area contributed by atoms with Crippen molar-refractivity contribution in [3.63, 3.8) is 0 Å². The average Bonchev–Trinajstić information content (AvgIpc) is 3.12. The Morgan fingerprint density at radius 1 is 1.22 bits per heavy atom. The molecule has 2 aromatic carbocycles. The molecule has 5 nitrogen and oxygen atoms in total. The van der Waals surface area contributed by atoms with Crippen molar-refractivity contribution in [3.8, 4) is 5.75 Å². The highest BCUT2D eigenvalue weighted by Gasteiger charge is 2.52. The predicted octanol–water partition coefficient (Wildman–Crippen LogP) is 3.26. The molecule has 0 saturated heterocycles. The third kappa shape index (κ3) is 2.22. The van der Waals surface area contributed by atoms with Crippen LogP contribution in [0.3, 0.4) is 0 Å². The van der Waals surface area contributed by atoms with Crippen LogP contribution in [0.2, 0.25) is 0 Å². The van der Waals surface area contributed by atoms with Gasteiger partial charge in [0.1, 0.15) is 10.8 Å². The second-order valence-electron chi connectivity index (χ2n) is 5.18. The van der Waals surface area contributed by atoms with Crippen LogP contribution < -0.4 is 15.5 Å². The lowest BCUT2D eigenvalue weighted by Crippen LogP contribution is -2.39. The van der Waals surface area contributed by atoms with Crippen LogP contribution in [0.25, 0.3) is 0 Å². The first-order valence-electron chi connectivity index (χ1n) is 6.92. The molecule has 0 aromatic heterocycles. The van der Waals surface area contributed by atoms with E-state index in [1.807, 2.05) is 42.5 Å². The van der Waals surface area contributed by atoms with Crippen LogP contribution in [-0.4, -0.2) is 18.1 Å². The molecule has 2 N–H and O–H groups in total. The Morgan fingerprint density at radius 2 is 2.00 bits per heavy atom. The average molecular weight is 390 g/mol. The van der Waals surface area contributed by atoms with E-state index in [1.165, 1.54) is 11.8 Å². The van der Waals surface area contributed by atoms with E-state index in [4.69, 9.17) is 4.74 Å². The zero-order valence-corrected chi connectivity index (χ0v) is 14.5. The molecule has 2 aliphatic heterocycles. The number of carbonyl (C=O) groups excluding carboxylic acids is 1. The first-order valence-corrected chi connectivity index (χ1v) is 8.53. The summed E-state index contributed by atoms with van der Waals surface area (Å²) < 4.78 is 6.28. The van der Waals surface area contributed by atoms with Gasteiger partial charge in [0.05, 0.1) is 7.11 Å². The van der Waals surface area contributed by atoms with Gasteiger partial charge in [0, 0.05) is 21.3 Å². The van der Waals surface area contributed by atoms with E-state index < -0.39 is 4.87 Å². The number of anilines is 1. The van der Waals surface area contributed by atoms with Crippen molar-refractivity contribution >= 4 is 44.3 Å². The van der Waals surface area contributed by atoms with Crippen molar-refractivity contribution in [2.24, 2.45) is 5.10 Å². The lowest BCUT2D eigenvalue weighted by atomic mass is 10.1. The minimum absolute atomic E-state index is 0.124. The predicted molar refractivity (Wildman–Crippen MR) is 94.7 cm³/mol. The highest BCUT2D eigenvalue weighted by molar-refractivity contribution is 9.10. The zero-order valence-electron chi connectivity index (χ0n) is 12.1. The van der Waals surface area contributed by atoms with Crippen LogP contribution in [-0.2, 0) is 9.67 Å². The molecule has 7 heteroatoms. The molecule has 0 radical (unpaired) electrons. The van der Waals surface area contributed by atoms with Crippen LogP contribution in [0.4, 0.5) is 5.69 Å². The summed E-state index contributed by atoms with van der Waals surface area (Å²) >= 11 is 4.83. The van der Waals surface area contributed by atoms with Crippen LogP contribution in [0.15, 0.2) is 52.0 Å². The number of rotatable bonds is 2. The number of benzene rings is 2. The van der Waals surface area contributed by atoms with Gasteiger partial charge in [-0.05, 0) is 30.3 Å². The number of nitrogens with zero attached hydrogens (tertiary/aromatic N) is 1. The van der Waals surface area contributed by atoms with Gasteiger partial charge in [-0.15, -0.1) is 0 Å². The lowest BCUT2D eigenvalue weighted by Gasteiger charge is -2.20. The Hall–Kier alpha value is -1.99. The first-order chi connectivity index (χ1) is 11.1. The maximum atomic E-state index is 12.6. The van der Waals surface area contributed by atoms with Crippen LogP contribution in [0, 0.1) is 0 Å². The number of thioether (sulfide) groups is 1. The summed E-state index contributed by atoms with van der Waals surface area (Å²) in [6, 6.07) is 13.4. The molecule has 0 fully saturated rings. The maximum Gasteiger partial charge on any atom is 0.267 e. The lowest BCUT2D eigenvalue weighted by molar-refractivity contribution is -0.118. The fourth-order valence-corrected chi connectivity index (χ4v) is 4.05. The second-order valence-corrected chi connectivity index (χ2v) is 7.30. The molecule has 23 heavy (non-hydrogen) atoms. The van der Waals surface area contributed by atoms with Crippen molar-refractivity contribution in [1.29, 1.82) is 0 Å². The normalized spacial score (nSPS) is 21.7. The molecule has 2 aromatic rings. The molecule has 1 atom stereocenters. The van der Waals surface area contributed by atoms with Crippen molar-refractivity contribution in [3.05, 3.63) is 58.1 Å². The van der Waals surface area contributed by atoms with Gasteiger partial charge in [0.15, 0.2) is 0 Å². The quantitative estimate of drug-likeness (QED) is 0.827. The molecule has 0 bridgehead atoms. The summed E-state index contributed by atoms with van der Waals surface area (Å²) in [6.45, 7) is 0. The summed E-state index contributed by atoms with van der Waals surface area (Å²) in [7, 11) is 1.61. The van der Waals surface area contributed by atoms with Crippen LogP contribution in [0.1, 0.15) is 11.1 Å². The van der Waals surface area contributed by atoms with E-state index >= 15 is 0 Å². The second kappa shape index (κ2) is 5.28. The van der Waals surface area contributed by atoms with Crippen LogP contribution >= 0.6 is 27.7 Å². The highest BCUT2D eigenvalue weighted by Crippen LogP contribution is 2.49. The van der Waals surface area contributed by atoms with Gasteiger partial charge in [0.2, 0.25) is 4.87 Å². The van der Waals surface area contributed by atoms with Gasteiger partial charge in [-0.25, -0.2) is 0 Å². The maximum absolute atomic E-state index is 12.6. The Balaban J connectivity index is 1.72. The van der Waals surface area contributed by atoms with Gasteiger partial charge < -0.3 is 10.1 Å². The van der Waals surface area contributed by atoms with Gasteiger partial charge >= 0.3 is 0 Å². The number of hydrazone groups is 1. The Morgan fingerprint density at radius 3 is 2.74 bits per heavy atom. The molecule has 1 unspecified atom stereocenters. The van der Waals surface area contributed by atoms with E-state index in [0.29, 0.717) is 5.75 Å². The molecule has 116 valence electrons. The summed E-state index contributed by atoms with van der Waals surface area (Å²) in [5.74, 6) is 0.584. The number of fused-ring (bicyclic) bond motifs is 2. The fraction of sp³-hybridized carbons (Fsp3) is 0.125. The van der Waals surface area contributed by atoms with Gasteiger partial charge in [-0.2, -0.15) is 5.10 Å². The first kappa shape index (κ1) is 14.6. The summed E-state index contributed by atoms with van der Waals surface area (Å²) in [4.78, 5) is 11.6. The number of hydrogen-bond donors (Lipinski definition) is 2. The largest absolute Gasteiger partial charge is 0.497 e. The number of hydrogen-bond acceptors (Lipinski definition) is 5.